The van der Waals surface area contributed by atoms with Crippen LogP contribution in [0.1, 0.15) is 76.1 Å². The number of amides is 2. The van der Waals surface area contributed by atoms with Crippen molar-refractivity contribution in [2.75, 3.05) is 33.3 Å². The van der Waals surface area contributed by atoms with Crippen LogP contribution >= 0.6 is 0 Å². The lowest BCUT2D eigenvalue weighted by molar-refractivity contribution is -0.188. The van der Waals surface area contributed by atoms with Crippen molar-refractivity contribution in [3.63, 3.8) is 0 Å². The number of nitrogens with one attached hydrogen (secondary N) is 4. The molecule has 4 aromatic rings. The van der Waals surface area contributed by atoms with Gasteiger partial charge in [-0.05, 0) is 72.6 Å². The molecule has 0 radical (unpaired) electrons. The second-order valence-corrected chi connectivity index (χ2v) is 15.2. The van der Waals surface area contributed by atoms with E-state index in [9.17, 15) is 9.59 Å². The standard InChI is InChI=1S/C41H50N10O4/c1-25(2)35(49-41-42-18-19-43-41)39(52)50-20-4-6-33(50)37-44-22-31(47-37)28-12-8-26(9-13-28)27-10-14-29(15-11-27)32-23-45-38(48-32)34-7-5-21-51(34)40(53)36(30-16-17-30)46-24-55-54-3/h8-15,22-25,30,33-36H,4-7,16-21H2,1-3H3,(H,44,47)(H,45,48)(H2,42,43,49)/b46-24+/t33-,34-,35+,36-/m0/s1. The van der Waals surface area contributed by atoms with Gasteiger partial charge < -0.3 is 35.3 Å². The number of carbonyl (C=O) groups excluding carboxylic acids is 2. The molecule has 2 aromatic carbocycles. The van der Waals surface area contributed by atoms with Crippen LogP contribution in [0, 0.1) is 11.8 Å². The van der Waals surface area contributed by atoms with E-state index >= 15 is 0 Å². The summed E-state index contributed by atoms with van der Waals surface area (Å²) in [6.45, 7) is 7.04. The summed E-state index contributed by atoms with van der Waals surface area (Å²) in [7, 11) is 1.41. The molecule has 8 rings (SSSR count). The zero-order valence-electron chi connectivity index (χ0n) is 31.7. The van der Waals surface area contributed by atoms with Crippen molar-refractivity contribution < 1.29 is 19.4 Å². The molecule has 5 heterocycles. The Morgan fingerprint density at radius 3 is 1.85 bits per heavy atom. The highest BCUT2D eigenvalue weighted by atomic mass is 17.2. The van der Waals surface area contributed by atoms with Crippen molar-refractivity contribution in [2.24, 2.45) is 21.8 Å². The Morgan fingerprint density at radius 1 is 0.818 bits per heavy atom. The maximum atomic E-state index is 13.8. The number of imidazole rings is 2. The molecular formula is C41H50N10O4. The molecule has 4 aliphatic rings. The third-order valence-electron chi connectivity index (χ3n) is 11.2. The van der Waals surface area contributed by atoms with Crippen LogP contribution in [-0.2, 0) is 19.4 Å². The van der Waals surface area contributed by atoms with Crippen LogP contribution in [0.5, 0.6) is 0 Å². The molecule has 4 atom stereocenters. The number of aliphatic imine (C=N–C) groups is 2. The second kappa shape index (κ2) is 16.1. The number of likely N-dealkylation sites (tertiary alicyclic amines) is 2. The zero-order valence-corrected chi connectivity index (χ0v) is 31.7. The number of nitrogens with zero attached hydrogens (tertiary/aromatic N) is 6. The number of aromatic amines is 2. The summed E-state index contributed by atoms with van der Waals surface area (Å²) in [5.41, 5.74) is 6.10. The highest BCUT2D eigenvalue weighted by Gasteiger charge is 2.42. The molecule has 55 heavy (non-hydrogen) atoms. The van der Waals surface area contributed by atoms with Crippen molar-refractivity contribution in [3.05, 3.63) is 72.6 Å². The van der Waals surface area contributed by atoms with Gasteiger partial charge >= 0.3 is 0 Å². The molecule has 0 spiro atoms. The van der Waals surface area contributed by atoms with Crippen molar-refractivity contribution in [1.82, 2.24) is 40.4 Å². The first-order valence-corrected chi connectivity index (χ1v) is 19.6. The molecule has 2 saturated heterocycles. The van der Waals surface area contributed by atoms with E-state index in [0.717, 1.165) is 96.9 Å². The number of rotatable bonds is 13. The zero-order chi connectivity index (χ0) is 37.9. The normalized spacial score (nSPS) is 20.9. The van der Waals surface area contributed by atoms with E-state index < -0.39 is 6.04 Å². The Labute approximate surface area is 321 Å². The number of guanidine groups is 1. The average molecular weight is 747 g/mol. The lowest BCUT2D eigenvalue weighted by Gasteiger charge is -2.30. The molecule has 14 heteroatoms. The predicted molar refractivity (Wildman–Crippen MR) is 210 cm³/mol. The minimum atomic E-state index is -0.454. The molecule has 14 nitrogen and oxygen atoms in total. The van der Waals surface area contributed by atoms with E-state index in [0.29, 0.717) is 19.0 Å². The molecular weight excluding hydrogens is 697 g/mol. The molecule has 0 bridgehead atoms. The van der Waals surface area contributed by atoms with Gasteiger partial charge in [-0.15, -0.1) is 0 Å². The molecule has 288 valence electrons. The maximum absolute atomic E-state index is 13.8. The molecule has 3 aliphatic heterocycles. The van der Waals surface area contributed by atoms with Gasteiger partial charge in [-0.3, -0.25) is 14.6 Å². The Hall–Kier alpha value is -5.50. The first-order chi connectivity index (χ1) is 26.9. The third-order valence-corrected chi connectivity index (χ3v) is 11.2. The van der Waals surface area contributed by atoms with Gasteiger partial charge in [0.1, 0.15) is 23.7 Å². The summed E-state index contributed by atoms with van der Waals surface area (Å²) in [5, 5.41) is 6.57. The number of aromatic nitrogens is 4. The summed E-state index contributed by atoms with van der Waals surface area (Å²) < 4.78 is 0. The summed E-state index contributed by atoms with van der Waals surface area (Å²) in [6, 6.07) is 15.9. The van der Waals surface area contributed by atoms with E-state index in [1.165, 1.54) is 13.5 Å². The van der Waals surface area contributed by atoms with E-state index in [-0.39, 0.29) is 41.8 Å². The van der Waals surface area contributed by atoms with Crippen LogP contribution < -0.4 is 10.6 Å². The smallest absolute Gasteiger partial charge is 0.248 e. The summed E-state index contributed by atoms with van der Waals surface area (Å²) in [4.78, 5) is 66.0. The fourth-order valence-corrected chi connectivity index (χ4v) is 8.06. The maximum Gasteiger partial charge on any atom is 0.248 e. The molecule has 3 fully saturated rings. The van der Waals surface area contributed by atoms with Crippen molar-refractivity contribution in [1.29, 1.82) is 0 Å². The topological polar surface area (TPSA) is 165 Å². The Bertz CT molecular complexity index is 2020. The summed E-state index contributed by atoms with van der Waals surface area (Å²) >= 11 is 0. The Morgan fingerprint density at radius 2 is 1.36 bits per heavy atom. The van der Waals surface area contributed by atoms with Crippen LogP contribution in [0.2, 0.25) is 0 Å². The first kappa shape index (κ1) is 36.5. The molecule has 0 unspecified atom stereocenters. The van der Waals surface area contributed by atoms with E-state index in [4.69, 9.17) is 14.9 Å². The average Bonchev–Trinajstić information content (AvgIpc) is 3.86. The van der Waals surface area contributed by atoms with Gasteiger partial charge in [-0.25, -0.2) is 15.0 Å². The molecule has 1 saturated carbocycles. The van der Waals surface area contributed by atoms with Gasteiger partial charge in [0.25, 0.3) is 0 Å². The summed E-state index contributed by atoms with van der Waals surface area (Å²) in [5.74, 6) is 2.78. The summed E-state index contributed by atoms with van der Waals surface area (Å²) in [6.07, 6.45) is 10.5. The monoisotopic (exact) mass is 746 g/mol. The molecule has 2 aromatic heterocycles. The van der Waals surface area contributed by atoms with Gasteiger partial charge in [-0.2, -0.15) is 4.89 Å². The first-order valence-electron chi connectivity index (χ1n) is 19.6. The molecule has 2 amide bonds. The number of hydrogen-bond acceptors (Lipinski definition) is 10. The number of H-pyrrole nitrogens is 2. The van der Waals surface area contributed by atoms with E-state index in [2.05, 4.69) is 97.9 Å². The minimum absolute atomic E-state index is 0.0198. The van der Waals surface area contributed by atoms with Gasteiger partial charge in [0.2, 0.25) is 18.2 Å². The fourth-order valence-electron chi connectivity index (χ4n) is 8.06. The van der Waals surface area contributed by atoms with Crippen LogP contribution in [0.4, 0.5) is 0 Å². The lowest BCUT2D eigenvalue weighted by Crippen LogP contribution is -2.53. The SMILES string of the molecule is COO/C=N/[C@H](C(=O)N1CCC[C@H]1c1ncc(-c2ccc(-c3ccc(-c4cnc([C@@H]5CCCN5C(=O)[C@H](NC5=NCCN5)C(C)C)[nH]4)cc3)cc2)[nH]1)C1CC1. The highest BCUT2D eigenvalue weighted by molar-refractivity contribution is 5.90. The van der Waals surface area contributed by atoms with Gasteiger partial charge in [0.05, 0.1) is 49.5 Å². The van der Waals surface area contributed by atoms with Gasteiger partial charge in [0, 0.05) is 19.6 Å². The van der Waals surface area contributed by atoms with Crippen LogP contribution in [-0.4, -0.2) is 99.3 Å². The fraction of sp³-hybridized carbons (Fsp3) is 0.463. The molecule has 4 N–H and O–H groups in total. The van der Waals surface area contributed by atoms with Crippen LogP contribution in [0.25, 0.3) is 33.6 Å². The van der Waals surface area contributed by atoms with Gasteiger partial charge in [-0.1, -0.05) is 62.4 Å². The second-order valence-electron chi connectivity index (χ2n) is 15.2. The van der Waals surface area contributed by atoms with E-state index in [1.807, 2.05) is 22.2 Å². The third kappa shape index (κ3) is 7.86. The molecule has 1 aliphatic carbocycles. The van der Waals surface area contributed by atoms with Crippen molar-refractivity contribution in [2.45, 2.75) is 76.5 Å². The predicted octanol–water partition coefficient (Wildman–Crippen LogP) is 5.42. The van der Waals surface area contributed by atoms with Crippen molar-refractivity contribution in [3.8, 4) is 33.6 Å². The number of hydrogen-bond donors (Lipinski definition) is 4. The number of carbonyl (C=O) groups is 2. The lowest BCUT2D eigenvalue weighted by atomic mass is 10.0. The van der Waals surface area contributed by atoms with Crippen LogP contribution in [0.15, 0.2) is 70.9 Å². The Balaban J connectivity index is 0.908. The largest absolute Gasteiger partial charge is 0.355 e. The number of benzene rings is 2. The van der Waals surface area contributed by atoms with Gasteiger partial charge in [0.15, 0.2) is 5.96 Å². The Kier molecular flexibility index (Phi) is 10.7. The van der Waals surface area contributed by atoms with Crippen LogP contribution in [0.3, 0.4) is 0 Å². The van der Waals surface area contributed by atoms with E-state index in [1.54, 1.807) is 0 Å². The van der Waals surface area contributed by atoms with Crippen molar-refractivity contribution >= 4 is 24.2 Å². The quantitative estimate of drug-likeness (QED) is 0.0610. The minimum Gasteiger partial charge on any atom is -0.355 e. The highest BCUT2D eigenvalue weighted by Crippen LogP contribution is 2.39.